The minimum atomic E-state index is -0.792. The Morgan fingerprint density at radius 1 is 1.57 bits per heavy atom. The first-order chi connectivity index (χ1) is 6.61. The quantitative estimate of drug-likeness (QED) is 0.528. The molecule has 0 N–H and O–H groups in total. The zero-order valence-corrected chi connectivity index (χ0v) is 7.37. The molecule has 0 amide bonds. The van der Waals surface area contributed by atoms with Gasteiger partial charge in [-0.3, -0.25) is 9.59 Å². The first-order valence-corrected chi connectivity index (χ1v) is 3.80. The van der Waals surface area contributed by atoms with Gasteiger partial charge in [0.1, 0.15) is 11.9 Å². The molecule has 0 saturated carbocycles. The minimum Gasteiger partial charge on any atom is -0.298 e. The summed E-state index contributed by atoms with van der Waals surface area (Å²) in [5.74, 6) is -1.16. The third-order valence-electron chi connectivity index (χ3n) is 1.80. The fourth-order valence-electron chi connectivity index (χ4n) is 1.14. The highest BCUT2D eigenvalue weighted by Gasteiger charge is 2.14. The molecular weight excluding hydrogens is 185 g/mol. The lowest BCUT2D eigenvalue weighted by molar-refractivity contribution is 0.100. The highest BCUT2D eigenvalue weighted by molar-refractivity contribution is 6.02. The van der Waals surface area contributed by atoms with Gasteiger partial charge in [0, 0.05) is 11.1 Å². The lowest BCUT2D eigenvalue weighted by atomic mass is 10.00. The van der Waals surface area contributed by atoms with E-state index in [-0.39, 0.29) is 22.5 Å². The molecule has 0 atom stereocenters. The van der Waals surface area contributed by atoms with E-state index in [1.54, 1.807) is 6.07 Å². The molecule has 0 unspecified atom stereocenters. The zero-order chi connectivity index (χ0) is 10.7. The van der Waals surface area contributed by atoms with Crippen molar-refractivity contribution in [2.24, 2.45) is 0 Å². The van der Waals surface area contributed by atoms with Gasteiger partial charge < -0.3 is 0 Å². The van der Waals surface area contributed by atoms with Gasteiger partial charge >= 0.3 is 0 Å². The summed E-state index contributed by atoms with van der Waals surface area (Å²) in [7, 11) is 0. The van der Waals surface area contributed by atoms with E-state index < -0.39 is 5.82 Å². The van der Waals surface area contributed by atoms with Crippen LogP contribution in [0.4, 0.5) is 4.39 Å². The molecule has 0 aromatic heterocycles. The fourth-order valence-corrected chi connectivity index (χ4v) is 1.14. The Morgan fingerprint density at radius 3 is 2.64 bits per heavy atom. The molecule has 0 heterocycles. The summed E-state index contributed by atoms with van der Waals surface area (Å²) >= 11 is 0. The number of benzene rings is 1. The summed E-state index contributed by atoms with van der Waals surface area (Å²) in [6, 6.07) is 3.75. The van der Waals surface area contributed by atoms with Crippen LogP contribution in [0.2, 0.25) is 0 Å². The van der Waals surface area contributed by atoms with Crippen molar-refractivity contribution in [1.29, 1.82) is 5.26 Å². The van der Waals surface area contributed by atoms with Crippen molar-refractivity contribution in [3.63, 3.8) is 0 Å². The maximum atomic E-state index is 13.0. The lowest BCUT2D eigenvalue weighted by Gasteiger charge is -2.02. The topological polar surface area (TPSA) is 57.9 Å². The van der Waals surface area contributed by atoms with Crippen molar-refractivity contribution in [2.45, 2.75) is 6.92 Å². The molecule has 0 aliphatic rings. The van der Waals surface area contributed by atoms with Crippen molar-refractivity contribution in [2.75, 3.05) is 0 Å². The summed E-state index contributed by atoms with van der Waals surface area (Å²) in [6.07, 6.45) is 0.318. The van der Waals surface area contributed by atoms with Crippen LogP contribution in [0.1, 0.15) is 33.2 Å². The number of ketones is 1. The largest absolute Gasteiger partial charge is 0.298 e. The van der Waals surface area contributed by atoms with Gasteiger partial charge in [-0.2, -0.15) is 5.26 Å². The van der Waals surface area contributed by atoms with E-state index >= 15 is 0 Å². The molecular formula is C10H6FNO2. The fraction of sp³-hybridized carbons (Fsp3) is 0.100. The molecule has 0 spiro atoms. The van der Waals surface area contributed by atoms with E-state index in [1.165, 1.54) is 13.0 Å². The van der Waals surface area contributed by atoms with Gasteiger partial charge in [0.15, 0.2) is 12.1 Å². The highest BCUT2D eigenvalue weighted by atomic mass is 19.1. The van der Waals surface area contributed by atoms with Crippen LogP contribution in [0.25, 0.3) is 0 Å². The number of hydrogen-bond donors (Lipinski definition) is 0. The average Bonchev–Trinajstić information content (AvgIpc) is 2.16. The average molecular weight is 191 g/mol. The molecule has 3 nitrogen and oxygen atoms in total. The number of carbonyl (C=O) groups is 2. The van der Waals surface area contributed by atoms with E-state index in [9.17, 15) is 14.0 Å². The zero-order valence-electron chi connectivity index (χ0n) is 7.37. The first kappa shape index (κ1) is 10.1. The number of Topliss-reactive ketones (excluding diaryl/α,β-unsaturated/α-hetero) is 1. The van der Waals surface area contributed by atoms with Crippen molar-refractivity contribution >= 4 is 12.1 Å². The SMILES string of the molecule is CC(=O)c1ccc(F)c(C#N)c1C=O. The number of halogens is 1. The molecule has 0 radical (unpaired) electrons. The standard InChI is InChI=1S/C10H6FNO2/c1-6(14)7-2-3-10(11)8(4-12)9(7)5-13/h2-3,5H,1H3. The predicted molar refractivity (Wildman–Crippen MR) is 46.5 cm³/mol. The molecule has 4 heteroatoms. The molecule has 0 fully saturated rings. The second kappa shape index (κ2) is 3.79. The van der Waals surface area contributed by atoms with Gasteiger partial charge in [0.25, 0.3) is 0 Å². The smallest absolute Gasteiger partial charge is 0.160 e. The summed E-state index contributed by atoms with van der Waals surface area (Å²) in [6.45, 7) is 1.25. The van der Waals surface area contributed by atoms with Crippen LogP contribution in [-0.4, -0.2) is 12.1 Å². The van der Waals surface area contributed by atoms with Crippen molar-refractivity contribution in [1.82, 2.24) is 0 Å². The molecule has 0 saturated heterocycles. The summed E-state index contributed by atoms with van der Waals surface area (Å²) < 4.78 is 13.0. The van der Waals surface area contributed by atoms with Gasteiger partial charge in [-0.05, 0) is 19.1 Å². The number of hydrogen-bond acceptors (Lipinski definition) is 3. The molecule has 0 bridgehead atoms. The maximum Gasteiger partial charge on any atom is 0.160 e. The third kappa shape index (κ3) is 1.52. The van der Waals surface area contributed by atoms with Crippen molar-refractivity contribution < 1.29 is 14.0 Å². The summed E-state index contributed by atoms with van der Waals surface area (Å²) in [5, 5.41) is 8.58. The Bertz CT molecular complexity index is 446. The van der Waals surface area contributed by atoms with Gasteiger partial charge in [-0.1, -0.05) is 0 Å². The van der Waals surface area contributed by atoms with E-state index in [4.69, 9.17) is 5.26 Å². The molecule has 1 rings (SSSR count). The minimum absolute atomic E-state index is 0.0675. The van der Waals surface area contributed by atoms with Gasteiger partial charge in [0.05, 0.1) is 5.56 Å². The van der Waals surface area contributed by atoms with Crippen LogP contribution in [0.5, 0.6) is 0 Å². The van der Waals surface area contributed by atoms with E-state index in [0.29, 0.717) is 6.29 Å². The van der Waals surface area contributed by atoms with Crippen LogP contribution >= 0.6 is 0 Å². The van der Waals surface area contributed by atoms with Crippen LogP contribution in [0.15, 0.2) is 12.1 Å². The summed E-state index contributed by atoms with van der Waals surface area (Å²) in [5.41, 5.74) is -0.495. The molecule has 1 aromatic rings. The van der Waals surface area contributed by atoms with Crippen molar-refractivity contribution in [3.05, 3.63) is 34.6 Å². The molecule has 70 valence electrons. The Kier molecular flexibility index (Phi) is 2.73. The van der Waals surface area contributed by atoms with E-state index in [0.717, 1.165) is 6.07 Å². The Hall–Kier alpha value is -2.02. The van der Waals surface area contributed by atoms with Crippen molar-refractivity contribution in [3.8, 4) is 6.07 Å². The van der Waals surface area contributed by atoms with Gasteiger partial charge in [-0.15, -0.1) is 0 Å². The van der Waals surface area contributed by atoms with Crippen LogP contribution < -0.4 is 0 Å². The van der Waals surface area contributed by atoms with E-state index in [1.807, 2.05) is 0 Å². The first-order valence-electron chi connectivity index (χ1n) is 3.80. The second-order valence-corrected chi connectivity index (χ2v) is 2.67. The van der Waals surface area contributed by atoms with E-state index in [2.05, 4.69) is 0 Å². The predicted octanol–water partition coefficient (Wildman–Crippen LogP) is 1.71. The Labute approximate surface area is 79.8 Å². The molecule has 14 heavy (non-hydrogen) atoms. The number of nitrogens with zero attached hydrogens (tertiary/aromatic N) is 1. The normalized spacial score (nSPS) is 9.21. The number of nitriles is 1. The number of aldehydes is 1. The Morgan fingerprint density at radius 2 is 2.21 bits per heavy atom. The van der Waals surface area contributed by atoms with Crippen LogP contribution in [-0.2, 0) is 0 Å². The van der Waals surface area contributed by atoms with Gasteiger partial charge in [0.2, 0.25) is 0 Å². The maximum absolute atomic E-state index is 13.0. The monoisotopic (exact) mass is 191 g/mol. The molecule has 1 aromatic carbocycles. The van der Waals surface area contributed by atoms with Gasteiger partial charge in [-0.25, -0.2) is 4.39 Å². The van der Waals surface area contributed by atoms with Crippen LogP contribution in [0.3, 0.4) is 0 Å². The van der Waals surface area contributed by atoms with Crippen LogP contribution in [0, 0.1) is 17.1 Å². The molecule has 0 aliphatic heterocycles. The Balaban J connectivity index is 3.58. The summed E-state index contributed by atoms with van der Waals surface area (Å²) in [4.78, 5) is 21.6. The second-order valence-electron chi connectivity index (χ2n) is 2.67. The number of rotatable bonds is 2. The third-order valence-corrected chi connectivity index (χ3v) is 1.80. The molecule has 0 aliphatic carbocycles. The lowest BCUT2D eigenvalue weighted by Crippen LogP contribution is -2.03. The number of carbonyl (C=O) groups excluding carboxylic acids is 2. The highest BCUT2D eigenvalue weighted by Crippen LogP contribution is 2.16.